The van der Waals surface area contributed by atoms with Crippen LogP contribution < -0.4 is 21.3 Å². The molecule has 0 fully saturated rings. The van der Waals surface area contributed by atoms with E-state index in [2.05, 4.69) is 77.4 Å². The van der Waals surface area contributed by atoms with Crippen LogP contribution in [0.5, 0.6) is 0 Å². The van der Waals surface area contributed by atoms with Gasteiger partial charge in [0, 0.05) is 24.0 Å². The van der Waals surface area contributed by atoms with E-state index in [0.717, 1.165) is 89.5 Å². The molecular formula is C100H98N8O21S7-2. The molecule has 10 unspecified atom stereocenters. The third-order valence-corrected chi connectivity index (χ3v) is 32.0. The summed E-state index contributed by atoms with van der Waals surface area (Å²) in [6, 6.07) is 71.1. The van der Waals surface area contributed by atoms with Gasteiger partial charge in [0.05, 0.1) is 107 Å². The molecule has 8 aromatic carbocycles. The molecule has 708 valence electrons. The van der Waals surface area contributed by atoms with Crippen LogP contribution in [0.15, 0.2) is 325 Å². The number of aromatic nitrogens is 6. The van der Waals surface area contributed by atoms with Crippen molar-refractivity contribution in [2.24, 2.45) is 0 Å². The summed E-state index contributed by atoms with van der Waals surface area (Å²) in [5, 5.41) is 10.8. The smallest absolute Gasteiger partial charge is 0.294 e. The number of rotatable bonds is 35. The highest BCUT2D eigenvalue weighted by atomic mass is 32.2. The number of benzene rings is 8. The molecule has 136 heavy (non-hydrogen) atoms. The van der Waals surface area contributed by atoms with Gasteiger partial charge in [-0.1, -0.05) is 135 Å². The number of nitrogens with zero attached hydrogens (tertiary/aromatic N) is 1. The lowest BCUT2D eigenvalue weighted by atomic mass is 9.71. The van der Waals surface area contributed by atoms with Crippen LogP contribution in [0.1, 0.15) is 181 Å². The molecule has 14 aromatic rings. The number of hydrogen-bond acceptors (Lipinski definition) is 18. The minimum absolute atomic E-state index is 0.0854. The molecule has 2 aliphatic rings. The molecule has 0 radical (unpaired) electrons. The van der Waals surface area contributed by atoms with E-state index in [0.29, 0.717) is 38.9 Å². The van der Waals surface area contributed by atoms with E-state index in [4.69, 9.17) is 0 Å². The van der Waals surface area contributed by atoms with Gasteiger partial charge in [0.1, 0.15) is 20.2 Å². The summed E-state index contributed by atoms with van der Waals surface area (Å²) in [5.41, 5.74) is 14.3. The molecule has 0 spiro atoms. The summed E-state index contributed by atoms with van der Waals surface area (Å²) in [5.74, 6) is -4.95. The average Bonchev–Trinajstić information content (AvgIpc) is 1.62. The van der Waals surface area contributed by atoms with Crippen LogP contribution in [-0.2, 0) is 77.4 Å². The number of H-pyrrole nitrogens is 5. The van der Waals surface area contributed by atoms with Gasteiger partial charge >= 0.3 is 0 Å². The normalized spacial score (nSPS) is 17.4. The summed E-state index contributed by atoms with van der Waals surface area (Å²) < 4.78 is 258. The number of hydrogen-bond donors (Lipinski definition) is 12. The van der Waals surface area contributed by atoms with E-state index in [1.54, 1.807) is 36.4 Å². The zero-order valence-corrected chi connectivity index (χ0v) is 79.4. The molecule has 8 heterocycles. The summed E-state index contributed by atoms with van der Waals surface area (Å²) in [6.45, 7) is 8.10. The van der Waals surface area contributed by atoms with Crippen LogP contribution in [0.3, 0.4) is 0 Å². The van der Waals surface area contributed by atoms with Crippen LogP contribution in [0.4, 0.5) is 0 Å². The maximum absolute atomic E-state index is 13.0. The number of aromatic amines is 5. The predicted molar refractivity (Wildman–Crippen MR) is 512 cm³/mol. The molecule has 2 aliphatic heterocycles. The standard InChI is InChI=1S/C100H100N8O21S7/c1-61(66-11-25-80(26-12-66)130(109,110)111)53-74(69-15-29-82(30-16-69)132(115,116)117)55-76(71-19-33-84(34-20-71)134(121,122)123)57-78(59-79(73-23-37-86(38-24-73)136(127,128)129)58-77(72-21-35-85(36-22-72)135(124,125)126)56-75(70-17-31-83(32-18-70)133(118,119)120)54-62(2)67-13-27-81(28-14-67)131(112,113)114)68-9-7-65(8-10-68)60-108-99(97-49-47-95(106-97)93-44-42-90(104-93)88-40-6-64(4)102-88)51-52-100(108)98-50-48-96(107-98)94-46-45-92(105-94)91-43-41-89(103-91)87-39-5-63(3)101-87/h5-52,61-63,74-79,98,101-107H,53-60H2,1-4H3,(H,109,110,111)(H,112,113,114)(H,115,116,117)(H,118,119,120)(H,121,122,123)(H,124,125,126)(H,127,128,129)/p-2/b89-87+,92-91+,96-94+. The Morgan fingerprint density at radius 2 is 0.588 bits per heavy atom. The Bertz CT molecular complexity index is 7960. The van der Waals surface area contributed by atoms with Crippen molar-refractivity contribution in [3.8, 4) is 34.2 Å². The second-order valence-electron chi connectivity index (χ2n) is 35.2. The van der Waals surface area contributed by atoms with Crippen molar-refractivity contribution in [3.05, 3.63) is 374 Å². The Hall–Kier alpha value is -12.4. The molecule has 36 heteroatoms. The first-order valence-electron chi connectivity index (χ1n) is 43.7. The topological polar surface area (TPSA) is 494 Å². The highest BCUT2D eigenvalue weighted by molar-refractivity contribution is 7.87. The SMILES string of the molecule is Cc1ccc(-c2ccc(-c3ccc(-c4ccc(C5C=C/C(=c6/cc/c(=c7/cc/c(=C8/C=CC(C)N8)[nH]7)[nH]6)N5)n4Cc4ccc(C(CC(CC(CC(C)c5ccc(S(=O)(=O)O)cc5)c5ccc(S(=O)(=O)O)cc5)c5ccc(S(=O)(=O)O)cc5)CC(CC(CC(CC(C)c5ccc(S(=O)(=O)O)cc5)c5ccc(S(=O)(=O)[O-])cc5)c5ccc(S(=O)(=O)O)cc5)c5ccc(S(=O)(=O)[O-])cc5)cc4)[nH]3)[nH]2)[nH]1. The minimum atomic E-state index is -5.09. The Balaban J connectivity index is 0.847. The predicted octanol–water partition coefficient (Wildman–Crippen LogP) is 16.8. The number of aryl methyl sites for hydroxylation is 1. The van der Waals surface area contributed by atoms with Gasteiger partial charge in [-0.3, -0.25) is 22.8 Å². The molecule has 0 saturated heterocycles. The van der Waals surface area contributed by atoms with Crippen molar-refractivity contribution < 1.29 is 90.8 Å². The van der Waals surface area contributed by atoms with E-state index in [1.807, 2.05) is 112 Å². The first-order valence-corrected chi connectivity index (χ1v) is 53.7. The molecule has 0 saturated carbocycles. The fourth-order valence-corrected chi connectivity index (χ4v) is 22.2. The van der Waals surface area contributed by atoms with Crippen molar-refractivity contribution in [1.29, 1.82) is 0 Å². The lowest BCUT2D eigenvalue weighted by Crippen LogP contribution is -2.22. The van der Waals surface area contributed by atoms with Gasteiger partial charge in [-0.25, -0.2) is 16.8 Å². The molecule has 0 bridgehead atoms. The van der Waals surface area contributed by atoms with Crippen LogP contribution in [-0.4, -0.2) is 126 Å². The molecule has 6 aromatic heterocycles. The van der Waals surface area contributed by atoms with E-state index in [9.17, 15) is 90.8 Å². The molecule has 10 atom stereocenters. The van der Waals surface area contributed by atoms with E-state index < -0.39 is 143 Å². The fraction of sp³-hybridized carbons (Fsp3) is 0.220. The summed E-state index contributed by atoms with van der Waals surface area (Å²) in [7, 11) is -33.7. The Morgan fingerprint density at radius 1 is 0.301 bits per heavy atom. The van der Waals surface area contributed by atoms with Crippen molar-refractivity contribution in [3.63, 3.8) is 0 Å². The largest absolute Gasteiger partial charge is 0.744 e. The number of nitrogens with one attached hydrogen (secondary N) is 7. The molecule has 12 N–H and O–H groups in total. The van der Waals surface area contributed by atoms with Crippen LogP contribution >= 0.6 is 0 Å². The molecular weight excluding hydrogens is 1870 g/mol. The van der Waals surface area contributed by atoms with Crippen molar-refractivity contribution in [1.82, 2.24) is 40.1 Å². The van der Waals surface area contributed by atoms with E-state index in [-0.39, 0.29) is 73.4 Å². The van der Waals surface area contributed by atoms with Crippen LogP contribution in [0.2, 0.25) is 0 Å². The third kappa shape index (κ3) is 23.0. The highest BCUT2D eigenvalue weighted by Gasteiger charge is 2.34. The van der Waals surface area contributed by atoms with Gasteiger partial charge < -0.3 is 49.2 Å². The molecule has 0 amide bonds. The van der Waals surface area contributed by atoms with Gasteiger partial charge in [-0.2, -0.15) is 42.1 Å². The second kappa shape index (κ2) is 39.0. The van der Waals surface area contributed by atoms with Gasteiger partial charge in [0.15, 0.2) is 0 Å². The summed E-state index contributed by atoms with van der Waals surface area (Å²) in [4.78, 5) is 14.7. The maximum Gasteiger partial charge on any atom is 0.294 e. The van der Waals surface area contributed by atoms with Crippen molar-refractivity contribution in [2.75, 3.05) is 0 Å². The summed E-state index contributed by atoms with van der Waals surface area (Å²) in [6.07, 6.45) is 9.44. The Morgan fingerprint density at radius 3 is 0.912 bits per heavy atom. The average molecular weight is 1970 g/mol. The first kappa shape index (κ1) is 96.7. The summed E-state index contributed by atoms with van der Waals surface area (Å²) >= 11 is 0. The van der Waals surface area contributed by atoms with Gasteiger partial charge in [-0.15, -0.1) is 0 Å². The fourth-order valence-electron chi connectivity index (χ4n) is 18.8. The van der Waals surface area contributed by atoms with Crippen LogP contribution in [0, 0.1) is 17.6 Å². The first-order chi connectivity index (χ1) is 64.3. The monoisotopic (exact) mass is 1970 g/mol. The van der Waals surface area contributed by atoms with Gasteiger partial charge in [-0.05, 0) is 326 Å². The third-order valence-electron chi connectivity index (χ3n) is 26.0. The van der Waals surface area contributed by atoms with Crippen LogP contribution in [0.25, 0.3) is 45.6 Å². The lowest BCUT2D eigenvalue weighted by Gasteiger charge is -2.34. The quantitative estimate of drug-likeness (QED) is 0.0164. The Labute approximate surface area is 788 Å². The maximum atomic E-state index is 13.0. The lowest BCUT2D eigenvalue weighted by molar-refractivity contribution is 0.379. The molecule has 0 aliphatic carbocycles. The zero-order chi connectivity index (χ0) is 96.7. The van der Waals surface area contributed by atoms with Crippen molar-refractivity contribution in [2.45, 2.75) is 173 Å². The van der Waals surface area contributed by atoms with Gasteiger partial charge in [0.2, 0.25) is 0 Å². The minimum Gasteiger partial charge on any atom is -0.744 e. The Kier molecular flexibility index (Phi) is 27.8. The highest BCUT2D eigenvalue weighted by Crippen LogP contribution is 2.49. The van der Waals surface area contributed by atoms with E-state index >= 15 is 0 Å². The van der Waals surface area contributed by atoms with E-state index in [1.165, 1.54) is 133 Å². The molecule has 29 nitrogen and oxygen atoms in total. The van der Waals surface area contributed by atoms with Gasteiger partial charge in [0.25, 0.3) is 50.6 Å². The molecule has 16 rings (SSSR count). The zero-order valence-electron chi connectivity index (χ0n) is 73.7. The van der Waals surface area contributed by atoms with Crippen molar-refractivity contribution >= 4 is 82.2 Å². The second-order valence-corrected chi connectivity index (χ2v) is 45.0.